The molecule has 0 spiro atoms. The zero-order valence-electron chi connectivity index (χ0n) is 14.3. The van der Waals surface area contributed by atoms with Crippen LogP contribution in [0.1, 0.15) is 25.3 Å². The van der Waals surface area contributed by atoms with Gasteiger partial charge in [-0.2, -0.15) is 0 Å². The fraction of sp³-hybridized carbons (Fsp3) is 0.529. The third-order valence-electron chi connectivity index (χ3n) is 4.29. The summed E-state index contributed by atoms with van der Waals surface area (Å²) >= 11 is 3.40. The molecule has 0 radical (unpaired) electrons. The Hall–Kier alpha value is -1.60. The lowest BCUT2D eigenvalue weighted by Gasteiger charge is -2.23. The standard InChI is InChI=1S/C17H26BrN5O/c1-3-23-8-4-5-14(23)10-20-17(19)21-11-16(24)22-15-9-13(18)7-6-12(15)2/h6-7,9,14H,3-5,8,10-11H2,1-2H3,(H,22,24)(H3,19,20,21). The summed E-state index contributed by atoms with van der Waals surface area (Å²) in [6.45, 7) is 7.10. The van der Waals surface area contributed by atoms with E-state index in [2.05, 4.69) is 43.4 Å². The van der Waals surface area contributed by atoms with Crippen LogP contribution in [0, 0.1) is 6.92 Å². The topological polar surface area (TPSA) is 82.8 Å². The van der Waals surface area contributed by atoms with Crippen LogP contribution in [0.5, 0.6) is 0 Å². The Kier molecular flexibility index (Phi) is 7.05. The zero-order valence-corrected chi connectivity index (χ0v) is 15.9. The number of hydrogen-bond acceptors (Lipinski definition) is 3. The quantitative estimate of drug-likeness (QED) is 0.508. The zero-order chi connectivity index (χ0) is 17.5. The van der Waals surface area contributed by atoms with Crippen molar-refractivity contribution >= 4 is 33.5 Å². The molecule has 0 saturated carbocycles. The molecule has 1 atom stereocenters. The molecule has 7 heteroatoms. The number of nitrogens with two attached hydrogens (primary N) is 1. The molecule has 1 aromatic rings. The Morgan fingerprint density at radius 1 is 1.50 bits per heavy atom. The van der Waals surface area contributed by atoms with E-state index < -0.39 is 0 Å². The first kappa shape index (κ1) is 18.7. The second-order valence-corrected chi connectivity index (χ2v) is 6.93. The molecule has 1 unspecified atom stereocenters. The van der Waals surface area contributed by atoms with Crippen molar-refractivity contribution in [3.8, 4) is 0 Å². The molecule has 1 fully saturated rings. The SMILES string of the molecule is CCN1CCCC1CNC(N)=NCC(=O)Nc1cc(Br)ccc1C. The second kappa shape index (κ2) is 9.03. The van der Waals surface area contributed by atoms with E-state index in [0.717, 1.165) is 35.4 Å². The highest BCUT2D eigenvalue weighted by Gasteiger charge is 2.22. The molecule has 1 amide bonds. The molecule has 132 valence electrons. The van der Waals surface area contributed by atoms with E-state index in [9.17, 15) is 4.79 Å². The number of aryl methyl sites for hydroxylation is 1. The Bertz CT molecular complexity index is 605. The first-order chi connectivity index (χ1) is 11.5. The first-order valence-corrected chi connectivity index (χ1v) is 9.12. The molecule has 1 aromatic carbocycles. The number of halogens is 1. The average Bonchev–Trinajstić information content (AvgIpc) is 3.02. The molecule has 0 aliphatic carbocycles. The highest BCUT2D eigenvalue weighted by Crippen LogP contribution is 2.20. The van der Waals surface area contributed by atoms with Crippen molar-refractivity contribution in [2.75, 3.05) is 31.5 Å². The van der Waals surface area contributed by atoms with Gasteiger partial charge >= 0.3 is 0 Å². The average molecular weight is 396 g/mol. The smallest absolute Gasteiger partial charge is 0.246 e. The van der Waals surface area contributed by atoms with Crippen LogP contribution in [0.4, 0.5) is 5.69 Å². The third-order valence-corrected chi connectivity index (χ3v) is 4.78. The molecule has 4 N–H and O–H groups in total. The van der Waals surface area contributed by atoms with E-state index >= 15 is 0 Å². The van der Waals surface area contributed by atoms with Crippen LogP contribution in [0.2, 0.25) is 0 Å². The summed E-state index contributed by atoms with van der Waals surface area (Å²) in [5.74, 6) is 0.135. The van der Waals surface area contributed by atoms with Crippen molar-refractivity contribution in [2.24, 2.45) is 10.7 Å². The van der Waals surface area contributed by atoms with Gasteiger partial charge in [-0.3, -0.25) is 9.69 Å². The summed E-state index contributed by atoms with van der Waals surface area (Å²) in [4.78, 5) is 18.6. The van der Waals surface area contributed by atoms with Crippen LogP contribution in [0.25, 0.3) is 0 Å². The summed E-state index contributed by atoms with van der Waals surface area (Å²) in [6, 6.07) is 6.26. The summed E-state index contributed by atoms with van der Waals surface area (Å²) < 4.78 is 0.921. The number of rotatable bonds is 6. The molecule has 1 aliphatic rings. The van der Waals surface area contributed by atoms with Crippen LogP contribution in [0.3, 0.4) is 0 Å². The number of carbonyl (C=O) groups excluding carboxylic acids is 1. The number of nitrogens with zero attached hydrogens (tertiary/aromatic N) is 2. The molecule has 1 aliphatic heterocycles. The van der Waals surface area contributed by atoms with Gasteiger partial charge in [0.1, 0.15) is 6.54 Å². The lowest BCUT2D eigenvalue weighted by molar-refractivity contribution is -0.114. The van der Waals surface area contributed by atoms with E-state index in [0.29, 0.717) is 12.0 Å². The minimum Gasteiger partial charge on any atom is -0.370 e. The van der Waals surface area contributed by atoms with Crippen molar-refractivity contribution in [1.82, 2.24) is 10.2 Å². The van der Waals surface area contributed by atoms with Gasteiger partial charge in [-0.05, 0) is 50.6 Å². The van der Waals surface area contributed by atoms with Crippen LogP contribution in [-0.2, 0) is 4.79 Å². The Labute approximate surface area is 152 Å². The third kappa shape index (κ3) is 5.49. The predicted octanol–water partition coefficient (Wildman–Crippen LogP) is 2.08. The number of anilines is 1. The predicted molar refractivity (Wildman–Crippen MR) is 102 cm³/mol. The van der Waals surface area contributed by atoms with Crippen molar-refractivity contribution in [1.29, 1.82) is 0 Å². The summed E-state index contributed by atoms with van der Waals surface area (Å²) in [6.07, 6.45) is 2.41. The number of nitrogens with one attached hydrogen (secondary N) is 2. The molecule has 0 aromatic heterocycles. The molecular weight excluding hydrogens is 370 g/mol. The molecule has 2 rings (SSSR count). The molecular formula is C17H26BrN5O. The maximum atomic E-state index is 12.0. The Balaban J connectivity index is 1.79. The van der Waals surface area contributed by atoms with Crippen LogP contribution in [0.15, 0.2) is 27.7 Å². The maximum absolute atomic E-state index is 12.0. The van der Waals surface area contributed by atoms with Gasteiger partial charge in [0.15, 0.2) is 5.96 Å². The number of guanidine groups is 1. The number of amides is 1. The highest BCUT2D eigenvalue weighted by atomic mass is 79.9. The van der Waals surface area contributed by atoms with Crippen LogP contribution < -0.4 is 16.4 Å². The normalized spacial score (nSPS) is 18.6. The lowest BCUT2D eigenvalue weighted by Crippen LogP contribution is -2.43. The van der Waals surface area contributed by atoms with Crippen molar-refractivity contribution in [3.05, 3.63) is 28.2 Å². The van der Waals surface area contributed by atoms with Gasteiger partial charge in [0.25, 0.3) is 0 Å². The molecule has 1 saturated heterocycles. The minimum absolute atomic E-state index is 0.00689. The molecule has 6 nitrogen and oxygen atoms in total. The van der Waals surface area contributed by atoms with Crippen molar-refractivity contribution in [3.63, 3.8) is 0 Å². The summed E-state index contributed by atoms with van der Waals surface area (Å²) in [5, 5.41) is 5.98. The number of carbonyl (C=O) groups is 1. The lowest BCUT2D eigenvalue weighted by atomic mass is 10.2. The van der Waals surface area contributed by atoms with Crippen LogP contribution in [-0.4, -0.2) is 49.0 Å². The molecule has 24 heavy (non-hydrogen) atoms. The van der Waals surface area contributed by atoms with Gasteiger partial charge in [-0.1, -0.05) is 28.9 Å². The Morgan fingerprint density at radius 2 is 2.29 bits per heavy atom. The van der Waals surface area contributed by atoms with E-state index in [1.165, 1.54) is 12.8 Å². The molecule has 0 bridgehead atoms. The number of hydrogen-bond donors (Lipinski definition) is 3. The fourth-order valence-electron chi connectivity index (χ4n) is 2.90. The highest BCUT2D eigenvalue weighted by molar-refractivity contribution is 9.10. The maximum Gasteiger partial charge on any atom is 0.246 e. The fourth-order valence-corrected chi connectivity index (χ4v) is 3.26. The number of benzene rings is 1. The van der Waals surface area contributed by atoms with Gasteiger partial charge in [-0.15, -0.1) is 0 Å². The number of likely N-dealkylation sites (tertiary alicyclic amines) is 1. The Morgan fingerprint density at radius 3 is 3.04 bits per heavy atom. The van der Waals surface area contributed by atoms with E-state index in [1.807, 2.05) is 25.1 Å². The van der Waals surface area contributed by atoms with E-state index in [1.54, 1.807) is 0 Å². The minimum atomic E-state index is -0.183. The van der Waals surface area contributed by atoms with Gasteiger partial charge in [0, 0.05) is 22.7 Å². The van der Waals surface area contributed by atoms with Gasteiger partial charge in [0.2, 0.25) is 5.91 Å². The van der Waals surface area contributed by atoms with Gasteiger partial charge < -0.3 is 16.4 Å². The molecule has 1 heterocycles. The van der Waals surface area contributed by atoms with Gasteiger partial charge in [0.05, 0.1) is 0 Å². The van der Waals surface area contributed by atoms with Crippen molar-refractivity contribution < 1.29 is 4.79 Å². The van der Waals surface area contributed by atoms with Gasteiger partial charge in [-0.25, -0.2) is 4.99 Å². The summed E-state index contributed by atoms with van der Waals surface area (Å²) in [7, 11) is 0. The largest absolute Gasteiger partial charge is 0.370 e. The van der Waals surface area contributed by atoms with E-state index in [4.69, 9.17) is 5.73 Å². The first-order valence-electron chi connectivity index (χ1n) is 8.33. The second-order valence-electron chi connectivity index (χ2n) is 6.01. The summed E-state index contributed by atoms with van der Waals surface area (Å²) in [5.41, 5.74) is 7.65. The number of likely N-dealkylation sites (N-methyl/N-ethyl adjacent to an activating group) is 1. The van der Waals surface area contributed by atoms with Crippen LogP contribution >= 0.6 is 15.9 Å². The van der Waals surface area contributed by atoms with E-state index in [-0.39, 0.29) is 12.5 Å². The van der Waals surface area contributed by atoms with Crippen molar-refractivity contribution in [2.45, 2.75) is 32.7 Å². The monoisotopic (exact) mass is 395 g/mol. The number of aliphatic imine (C=N–C) groups is 1.